The summed E-state index contributed by atoms with van der Waals surface area (Å²) in [5, 5.41) is 26.4. The standard InChI is InChI=1S/C14H19N3O4/c1-9(14(19)16-11-4-5-11)15-8-13(18)10-2-6-12(7-3-10)17(20)21/h2-3,6-7,9,11,13,15,18H,4-5,8H2,1H3,(H,16,19). The van der Waals surface area contributed by atoms with Crippen molar-refractivity contribution in [2.45, 2.75) is 38.0 Å². The van der Waals surface area contributed by atoms with Crippen LogP contribution < -0.4 is 10.6 Å². The molecule has 1 amide bonds. The molecule has 0 aliphatic heterocycles. The molecular weight excluding hydrogens is 274 g/mol. The third-order valence-electron chi connectivity index (χ3n) is 3.42. The minimum Gasteiger partial charge on any atom is -0.387 e. The Labute approximate surface area is 122 Å². The molecule has 0 aromatic heterocycles. The minimum atomic E-state index is -0.818. The first-order valence-electron chi connectivity index (χ1n) is 6.93. The Balaban J connectivity index is 1.81. The normalized spacial score (nSPS) is 17.0. The van der Waals surface area contributed by atoms with Gasteiger partial charge in [-0.15, -0.1) is 0 Å². The van der Waals surface area contributed by atoms with Crippen molar-refractivity contribution in [2.75, 3.05) is 6.54 Å². The number of carbonyl (C=O) groups is 1. The van der Waals surface area contributed by atoms with Gasteiger partial charge in [0.15, 0.2) is 0 Å². The van der Waals surface area contributed by atoms with Gasteiger partial charge in [-0.1, -0.05) is 0 Å². The van der Waals surface area contributed by atoms with Gasteiger partial charge >= 0.3 is 0 Å². The summed E-state index contributed by atoms with van der Waals surface area (Å²) in [5.74, 6) is -0.0756. The Morgan fingerprint density at radius 3 is 2.57 bits per heavy atom. The van der Waals surface area contributed by atoms with Crippen molar-refractivity contribution >= 4 is 11.6 Å². The summed E-state index contributed by atoms with van der Waals surface area (Å²) >= 11 is 0. The quantitative estimate of drug-likeness (QED) is 0.511. The number of aliphatic hydroxyl groups excluding tert-OH is 1. The molecule has 2 atom stereocenters. The highest BCUT2D eigenvalue weighted by molar-refractivity contribution is 5.81. The maximum Gasteiger partial charge on any atom is 0.269 e. The van der Waals surface area contributed by atoms with E-state index >= 15 is 0 Å². The third kappa shape index (κ3) is 4.51. The molecule has 1 aromatic carbocycles. The Morgan fingerprint density at radius 1 is 1.43 bits per heavy atom. The zero-order valence-corrected chi connectivity index (χ0v) is 11.8. The highest BCUT2D eigenvalue weighted by Gasteiger charge is 2.25. The highest BCUT2D eigenvalue weighted by atomic mass is 16.6. The lowest BCUT2D eigenvalue weighted by atomic mass is 10.1. The average Bonchev–Trinajstić information content (AvgIpc) is 3.28. The van der Waals surface area contributed by atoms with E-state index in [1.807, 2.05) is 0 Å². The van der Waals surface area contributed by atoms with E-state index in [1.165, 1.54) is 24.3 Å². The third-order valence-corrected chi connectivity index (χ3v) is 3.42. The molecule has 1 saturated carbocycles. The number of benzene rings is 1. The molecule has 1 aliphatic rings. The molecule has 0 bridgehead atoms. The van der Waals surface area contributed by atoms with Crippen LogP contribution in [0.15, 0.2) is 24.3 Å². The van der Waals surface area contributed by atoms with E-state index in [-0.39, 0.29) is 18.1 Å². The molecule has 0 heterocycles. The minimum absolute atomic E-state index is 0.0175. The first-order chi connectivity index (χ1) is 9.97. The van der Waals surface area contributed by atoms with Crippen LogP contribution in [0.25, 0.3) is 0 Å². The fourth-order valence-electron chi connectivity index (χ4n) is 1.87. The molecule has 7 heteroatoms. The van der Waals surface area contributed by atoms with E-state index < -0.39 is 17.1 Å². The maximum atomic E-state index is 11.7. The van der Waals surface area contributed by atoms with Crippen molar-refractivity contribution < 1.29 is 14.8 Å². The number of nitrogens with zero attached hydrogens (tertiary/aromatic N) is 1. The van der Waals surface area contributed by atoms with Crippen LogP contribution in [0, 0.1) is 10.1 Å². The number of rotatable bonds is 7. The number of hydrogen-bond acceptors (Lipinski definition) is 5. The van der Waals surface area contributed by atoms with E-state index in [2.05, 4.69) is 10.6 Å². The molecule has 3 N–H and O–H groups in total. The van der Waals surface area contributed by atoms with E-state index in [9.17, 15) is 20.0 Å². The lowest BCUT2D eigenvalue weighted by Gasteiger charge is -2.17. The predicted molar refractivity (Wildman–Crippen MR) is 76.7 cm³/mol. The highest BCUT2D eigenvalue weighted by Crippen LogP contribution is 2.19. The summed E-state index contributed by atoms with van der Waals surface area (Å²) in [5.41, 5.74) is 0.555. The van der Waals surface area contributed by atoms with Gasteiger partial charge in [-0.25, -0.2) is 0 Å². The van der Waals surface area contributed by atoms with Crippen LogP contribution in [-0.2, 0) is 4.79 Å². The van der Waals surface area contributed by atoms with E-state index in [0.717, 1.165) is 12.8 Å². The average molecular weight is 293 g/mol. The van der Waals surface area contributed by atoms with Crippen molar-refractivity contribution in [1.82, 2.24) is 10.6 Å². The van der Waals surface area contributed by atoms with Crippen molar-refractivity contribution in [1.29, 1.82) is 0 Å². The van der Waals surface area contributed by atoms with Crippen LogP contribution in [0.3, 0.4) is 0 Å². The van der Waals surface area contributed by atoms with Gasteiger partial charge in [0.05, 0.1) is 17.1 Å². The smallest absolute Gasteiger partial charge is 0.269 e. The lowest BCUT2D eigenvalue weighted by Crippen LogP contribution is -2.44. The zero-order chi connectivity index (χ0) is 15.4. The molecule has 7 nitrogen and oxygen atoms in total. The summed E-state index contributed by atoms with van der Waals surface area (Å²) in [7, 11) is 0. The van der Waals surface area contributed by atoms with Gasteiger partial charge < -0.3 is 15.7 Å². The van der Waals surface area contributed by atoms with Crippen LogP contribution in [-0.4, -0.2) is 34.6 Å². The SMILES string of the molecule is CC(NCC(O)c1ccc([N+](=O)[O-])cc1)C(=O)NC1CC1. The molecule has 1 aromatic rings. The van der Waals surface area contributed by atoms with Gasteiger partial charge in [0.25, 0.3) is 5.69 Å². The topological polar surface area (TPSA) is 104 Å². The van der Waals surface area contributed by atoms with Crippen molar-refractivity contribution in [2.24, 2.45) is 0 Å². The number of nitrogens with one attached hydrogen (secondary N) is 2. The van der Waals surface area contributed by atoms with E-state index in [4.69, 9.17) is 0 Å². The molecule has 1 aliphatic carbocycles. The Morgan fingerprint density at radius 2 is 2.05 bits per heavy atom. The molecule has 2 rings (SSSR count). The molecule has 0 radical (unpaired) electrons. The van der Waals surface area contributed by atoms with Crippen molar-refractivity contribution in [3.63, 3.8) is 0 Å². The maximum absolute atomic E-state index is 11.7. The van der Waals surface area contributed by atoms with Crippen LogP contribution in [0.4, 0.5) is 5.69 Å². The first kappa shape index (κ1) is 15.4. The lowest BCUT2D eigenvalue weighted by molar-refractivity contribution is -0.384. The largest absolute Gasteiger partial charge is 0.387 e. The fraction of sp³-hybridized carbons (Fsp3) is 0.500. The molecule has 1 fully saturated rings. The monoisotopic (exact) mass is 293 g/mol. The number of non-ortho nitro benzene ring substituents is 1. The zero-order valence-electron chi connectivity index (χ0n) is 11.8. The summed E-state index contributed by atoms with van der Waals surface area (Å²) in [6.45, 7) is 1.94. The molecule has 21 heavy (non-hydrogen) atoms. The van der Waals surface area contributed by atoms with Gasteiger partial charge in [0.2, 0.25) is 5.91 Å². The van der Waals surface area contributed by atoms with Crippen LogP contribution in [0.2, 0.25) is 0 Å². The predicted octanol–water partition coefficient (Wildman–Crippen LogP) is 0.885. The number of hydrogen-bond donors (Lipinski definition) is 3. The summed E-state index contributed by atoms with van der Waals surface area (Å²) < 4.78 is 0. The van der Waals surface area contributed by atoms with E-state index in [0.29, 0.717) is 11.6 Å². The second-order valence-electron chi connectivity index (χ2n) is 5.28. The van der Waals surface area contributed by atoms with Gasteiger partial charge in [0, 0.05) is 24.7 Å². The molecular formula is C14H19N3O4. The number of amides is 1. The summed E-state index contributed by atoms with van der Waals surface area (Å²) in [6, 6.07) is 5.64. The van der Waals surface area contributed by atoms with Gasteiger partial charge in [-0.05, 0) is 37.5 Å². The van der Waals surface area contributed by atoms with E-state index in [1.54, 1.807) is 6.92 Å². The number of nitro benzene ring substituents is 1. The van der Waals surface area contributed by atoms with Crippen LogP contribution in [0.1, 0.15) is 31.4 Å². The van der Waals surface area contributed by atoms with Gasteiger partial charge in [0.1, 0.15) is 0 Å². The van der Waals surface area contributed by atoms with Crippen LogP contribution in [0.5, 0.6) is 0 Å². The fourth-order valence-corrected chi connectivity index (χ4v) is 1.87. The Hall–Kier alpha value is -1.99. The van der Waals surface area contributed by atoms with Crippen molar-refractivity contribution in [3.05, 3.63) is 39.9 Å². The summed E-state index contributed by atoms with van der Waals surface area (Å²) in [4.78, 5) is 21.8. The first-order valence-corrected chi connectivity index (χ1v) is 6.93. The van der Waals surface area contributed by atoms with Crippen LogP contribution >= 0.6 is 0 Å². The second kappa shape index (κ2) is 6.64. The molecule has 0 saturated heterocycles. The molecule has 2 unspecified atom stereocenters. The Kier molecular flexibility index (Phi) is 4.87. The van der Waals surface area contributed by atoms with Gasteiger partial charge in [-0.2, -0.15) is 0 Å². The summed E-state index contributed by atoms with van der Waals surface area (Å²) in [6.07, 6.45) is 1.25. The number of nitro groups is 1. The van der Waals surface area contributed by atoms with Gasteiger partial charge in [-0.3, -0.25) is 14.9 Å². The molecule has 0 spiro atoms. The second-order valence-corrected chi connectivity index (χ2v) is 5.28. The van der Waals surface area contributed by atoms with Crippen molar-refractivity contribution in [3.8, 4) is 0 Å². The number of aliphatic hydroxyl groups is 1. The molecule has 114 valence electrons. The Bertz CT molecular complexity index is 513. The number of carbonyl (C=O) groups excluding carboxylic acids is 1.